The van der Waals surface area contributed by atoms with Crippen LogP contribution in [-0.2, 0) is 0 Å². The predicted octanol–water partition coefficient (Wildman–Crippen LogP) is 3.41. The van der Waals surface area contributed by atoms with Crippen LogP contribution in [0.3, 0.4) is 0 Å². The van der Waals surface area contributed by atoms with Crippen LogP contribution in [0.25, 0.3) is 0 Å². The molecule has 0 aromatic rings. The summed E-state index contributed by atoms with van der Waals surface area (Å²) in [6, 6.07) is 0. The van der Waals surface area contributed by atoms with Crippen molar-refractivity contribution in [2.75, 3.05) is 23.3 Å². The Hall–Kier alpha value is 1.51. The van der Waals surface area contributed by atoms with E-state index in [1.165, 1.54) is 0 Å². The summed E-state index contributed by atoms with van der Waals surface area (Å²) in [5.74, 6) is 2.65. The molecule has 0 fully saturated rings. The Labute approximate surface area is 91.9 Å². The van der Waals surface area contributed by atoms with Crippen LogP contribution >= 0.6 is 58.2 Å². The second-order valence-corrected chi connectivity index (χ2v) is 4.97. The van der Waals surface area contributed by atoms with Crippen molar-refractivity contribution in [2.24, 2.45) is 0 Å². The Balaban J connectivity index is 3.13. The topological polar surface area (TPSA) is 0 Å². The molecule has 5 heteroatoms. The largest absolute Gasteiger partial charge is 0.159 e. The lowest BCUT2D eigenvalue weighted by Gasteiger charge is -2.06. The third kappa shape index (κ3) is 7.86. The molecule has 0 nitrogen and oxygen atoms in total. The molecule has 0 amide bonds. The molecule has 0 aliphatic heterocycles. The maximum atomic E-state index is 5.76. The first-order valence-electron chi connectivity index (χ1n) is 3.18. The number of hydrogen-bond acceptors (Lipinski definition) is 1. The van der Waals surface area contributed by atoms with E-state index in [0.29, 0.717) is 11.8 Å². The van der Waals surface area contributed by atoms with Crippen LogP contribution in [0.4, 0.5) is 0 Å². The number of hydrogen-bond donors (Lipinski definition) is 0. The zero-order chi connectivity index (χ0) is 8.69. The molecule has 0 heterocycles. The fourth-order valence-corrected chi connectivity index (χ4v) is 2.31. The van der Waals surface area contributed by atoms with Crippen molar-refractivity contribution in [1.29, 1.82) is 0 Å². The van der Waals surface area contributed by atoms with Crippen LogP contribution in [0.5, 0.6) is 0 Å². The average molecular weight is 256 g/mol. The number of halogens is 4. The van der Waals surface area contributed by atoms with E-state index in [2.05, 4.69) is 0 Å². The minimum absolute atomic E-state index is 0.0425. The van der Waals surface area contributed by atoms with Gasteiger partial charge in [-0.15, -0.1) is 46.4 Å². The van der Waals surface area contributed by atoms with E-state index in [9.17, 15) is 0 Å². The molecule has 0 aromatic carbocycles. The summed E-state index contributed by atoms with van der Waals surface area (Å²) in [6.07, 6.45) is 0. The standard InChI is InChI=1S/C6H10Cl4S/c7-1-5(9)3-11-4-6(10)2-8/h5-6H,1-4H2. The average Bonchev–Trinajstić information content (AvgIpc) is 2.04. The highest BCUT2D eigenvalue weighted by Crippen LogP contribution is 2.13. The lowest BCUT2D eigenvalue weighted by molar-refractivity contribution is 1.09. The van der Waals surface area contributed by atoms with Gasteiger partial charge < -0.3 is 0 Å². The zero-order valence-corrected chi connectivity index (χ0v) is 9.74. The number of rotatable bonds is 6. The monoisotopic (exact) mass is 254 g/mol. The molecule has 0 saturated heterocycles. The normalized spacial score (nSPS) is 16.4. The summed E-state index contributed by atoms with van der Waals surface area (Å²) < 4.78 is 0. The van der Waals surface area contributed by atoms with E-state index in [1.54, 1.807) is 11.8 Å². The number of thioether (sulfide) groups is 1. The molecule has 11 heavy (non-hydrogen) atoms. The lowest BCUT2D eigenvalue weighted by Crippen LogP contribution is -2.09. The molecule has 0 N–H and O–H groups in total. The highest BCUT2D eigenvalue weighted by molar-refractivity contribution is 7.99. The smallest absolute Gasteiger partial charge is 0.0561 e. The quantitative estimate of drug-likeness (QED) is 0.656. The van der Waals surface area contributed by atoms with Crippen molar-refractivity contribution in [3.8, 4) is 0 Å². The van der Waals surface area contributed by atoms with Gasteiger partial charge in [-0.1, -0.05) is 0 Å². The predicted molar refractivity (Wildman–Crippen MR) is 58.0 cm³/mol. The van der Waals surface area contributed by atoms with Crippen LogP contribution in [-0.4, -0.2) is 34.0 Å². The van der Waals surface area contributed by atoms with Crippen LogP contribution in [0.15, 0.2) is 0 Å². The first-order chi connectivity index (χ1) is 5.20. The van der Waals surface area contributed by atoms with Gasteiger partial charge in [-0.3, -0.25) is 0 Å². The first-order valence-corrected chi connectivity index (χ1v) is 6.28. The van der Waals surface area contributed by atoms with Gasteiger partial charge in [0, 0.05) is 23.3 Å². The van der Waals surface area contributed by atoms with Crippen LogP contribution in [0, 0.1) is 0 Å². The first kappa shape index (κ1) is 12.5. The van der Waals surface area contributed by atoms with Crippen molar-refractivity contribution in [3.05, 3.63) is 0 Å². The van der Waals surface area contributed by atoms with Gasteiger partial charge in [0.05, 0.1) is 10.8 Å². The fourth-order valence-electron chi connectivity index (χ4n) is 0.413. The summed E-state index contributed by atoms with van der Waals surface area (Å²) in [5.41, 5.74) is 0. The van der Waals surface area contributed by atoms with Crippen LogP contribution in [0.1, 0.15) is 0 Å². The third-order valence-corrected chi connectivity index (χ3v) is 4.25. The molecule has 0 aromatic heterocycles. The Bertz CT molecular complexity index is 80.7. The van der Waals surface area contributed by atoms with E-state index in [0.717, 1.165) is 11.5 Å². The summed E-state index contributed by atoms with van der Waals surface area (Å²) in [7, 11) is 0. The van der Waals surface area contributed by atoms with Crippen molar-refractivity contribution >= 4 is 58.2 Å². The van der Waals surface area contributed by atoms with Gasteiger partial charge in [0.1, 0.15) is 0 Å². The van der Waals surface area contributed by atoms with E-state index in [4.69, 9.17) is 46.4 Å². The molecule has 0 bridgehead atoms. The molecule has 0 aliphatic carbocycles. The third-order valence-electron chi connectivity index (χ3n) is 0.932. The fraction of sp³-hybridized carbons (Fsp3) is 1.00. The molecule has 0 radical (unpaired) electrons. The SMILES string of the molecule is ClCC(Cl)CSCC(Cl)CCl. The van der Waals surface area contributed by atoms with Gasteiger partial charge in [0.2, 0.25) is 0 Å². The van der Waals surface area contributed by atoms with E-state index < -0.39 is 0 Å². The minimum atomic E-state index is 0.0425. The number of alkyl halides is 4. The molecule has 2 atom stereocenters. The zero-order valence-electron chi connectivity index (χ0n) is 5.90. The molecule has 0 aliphatic rings. The minimum Gasteiger partial charge on any atom is -0.159 e. The van der Waals surface area contributed by atoms with Crippen molar-refractivity contribution in [1.82, 2.24) is 0 Å². The highest BCUT2D eigenvalue weighted by atomic mass is 35.5. The van der Waals surface area contributed by atoms with Gasteiger partial charge in [-0.25, -0.2) is 0 Å². The Morgan fingerprint density at radius 1 is 0.909 bits per heavy atom. The summed E-state index contributed by atoms with van der Waals surface area (Å²) >= 11 is 24.2. The Kier molecular flexibility index (Phi) is 9.24. The van der Waals surface area contributed by atoms with Crippen molar-refractivity contribution in [3.63, 3.8) is 0 Å². The van der Waals surface area contributed by atoms with Crippen LogP contribution < -0.4 is 0 Å². The maximum Gasteiger partial charge on any atom is 0.0561 e. The van der Waals surface area contributed by atoms with Gasteiger partial charge in [0.15, 0.2) is 0 Å². The Morgan fingerprint density at radius 3 is 1.55 bits per heavy atom. The molecule has 68 valence electrons. The second-order valence-electron chi connectivity index (χ2n) is 2.04. The molecule has 2 unspecified atom stereocenters. The van der Waals surface area contributed by atoms with Gasteiger partial charge in [0.25, 0.3) is 0 Å². The molecule has 0 saturated carbocycles. The maximum absolute atomic E-state index is 5.76. The van der Waals surface area contributed by atoms with Gasteiger partial charge in [-0.05, 0) is 0 Å². The van der Waals surface area contributed by atoms with E-state index in [-0.39, 0.29) is 10.8 Å². The second kappa shape index (κ2) is 8.12. The van der Waals surface area contributed by atoms with Crippen molar-refractivity contribution < 1.29 is 0 Å². The van der Waals surface area contributed by atoms with E-state index in [1.807, 2.05) is 0 Å². The van der Waals surface area contributed by atoms with E-state index >= 15 is 0 Å². The summed E-state index contributed by atoms with van der Waals surface area (Å²) in [5, 5.41) is 0.0849. The summed E-state index contributed by atoms with van der Waals surface area (Å²) in [6.45, 7) is 0. The molecule has 0 spiro atoms. The Morgan fingerprint density at radius 2 is 1.27 bits per heavy atom. The van der Waals surface area contributed by atoms with Crippen molar-refractivity contribution in [2.45, 2.75) is 10.8 Å². The molecular weight excluding hydrogens is 246 g/mol. The van der Waals surface area contributed by atoms with Gasteiger partial charge >= 0.3 is 0 Å². The highest BCUT2D eigenvalue weighted by Gasteiger charge is 2.05. The van der Waals surface area contributed by atoms with Crippen LogP contribution in [0.2, 0.25) is 0 Å². The molecular formula is C6H10Cl4S. The van der Waals surface area contributed by atoms with Gasteiger partial charge in [-0.2, -0.15) is 11.8 Å². The lowest BCUT2D eigenvalue weighted by atomic mass is 10.5. The molecule has 0 rings (SSSR count). The summed E-state index contributed by atoms with van der Waals surface area (Å²) in [4.78, 5) is 0.